The molecule has 0 aliphatic heterocycles. The minimum absolute atomic E-state index is 0.0494. The van der Waals surface area contributed by atoms with Crippen molar-refractivity contribution in [1.29, 1.82) is 0 Å². The van der Waals surface area contributed by atoms with Gasteiger partial charge in [-0.1, -0.05) is 13.8 Å². The van der Waals surface area contributed by atoms with Crippen molar-refractivity contribution in [3.05, 3.63) is 0 Å². The second-order valence-electron chi connectivity index (χ2n) is 8.05. The molecule has 0 radical (unpaired) electrons. The van der Waals surface area contributed by atoms with E-state index in [0.29, 0.717) is 12.0 Å². The summed E-state index contributed by atoms with van der Waals surface area (Å²) in [4.78, 5) is 0. The Morgan fingerprint density at radius 1 is 1.05 bits per heavy atom. The Balaban J connectivity index is 2.70. The van der Waals surface area contributed by atoms with Crippen molar-refractivity contribution < 1.29 is 8.42 Å². The zero-order valence-electron chi connectivity index (χ0n) is 13.3. The normalized spacial score (nSPS) is 23.3. The molecule has 0 aromatic heterocycles. The first kappa shape index (κ1) is 17.0. The molecule has 0 bridgehead atoms. The molecule has 114 valence electrons. The van der Waals surface area contributed by atoms with Gasteiger partial charge in [0.2, 0.25) is 0 Å². The Morgan fingerprint density at radius 3 is 1.89 bits per heavy atom. The van der Waals surface area contributed by atoms with Crippen LogP contribution in [0.15, 0.2) is 0 Å². The van der Waals surface area contributed by atoms with E-state index in [1.165, 1.54) is 0 Å². The Kier molecular flexibility index (Phi) is 4.79. The number of hydrogen-bond acceptors (Lipinski definition) is 3. The van der Waals surface area contributed by atoms with Crippen molar-refractivity contribution in [1.82, 2.24) is 0 Å². The molecular formula is C15H31NO2S. The first-order valence-electron chi connectivity index (χ1n) is 7.36. The summed E-state index contributed by atoms with van der Waals surface area (Å²) in [5.74, 6) is 0.272. The van der Waals surface area contributed by atoms with Gasteiger partial charge in [0.25, 0.3) is 0 Å². The van der Waals surface area contributed by atoms with Crippen LogP contribution in [0.1, 0.15) is 66.7 Å². The van der Waals surface area contributed by atoms with Crippen molar-refractivity contribution in [2.45, 2.75) is 71.5 Å². The van der Waals surface area contributed by atoms with Gasteiger partial charge in [0, 0.05) is 0 Å². The zero-order chi connectivity index (χ0) is 14.9. The summed E-state index contributed by atoms with van der Waals surface area (Å²) in [6, 6.07) is 0. The Bertz CT molecular complexity index is 394. The van der Waals surface area contributed by atoms with E-state index in [1.54, 1.807) is 20.8 Å². The van der Waals surface area contributed by atoms with Crippen LogP contribution >= 0.6 is 0 Å². The molecule has 3 nitrogen and oxygen atoms in total. The molecule has 0 atom stereocenters. The molecule has 0 heterocycles. The van der Waals surface area contributed by atoms with Gasteiger partial charge in [-0.3, -0.25) is 0 Å². The summed E-state index contributed by atoms with van der Waals surface area (Å²) in [7, 11) is -3.03. The third-order valence-corrected chi connectivity index (χ3v) is 7.54. The summed E-state index contributed by atoms with van der Waals surface area (Å²) >= 11 is 0. The van der Waals surface area contributed by atoms with Gasteiger partial charge in [0.05, 0.1) is 10.5 Å². The zero-order valence-corrected chi connectivity index (χ0v) is 14.1. The first-order chi connectivity index (χ1) is 8.43. The first-order valence-corrected chi connectivity index (χ1v) is 9.01. The smallest absolute Gasteiger partial charge is 0.155 e. The van der Waals surface area contributed by atoms with Crippen molar-refractivity contribution >= 4 is 9.84 Å². The largest absolute Gasteiger partial charge is 0.330 e. The van der Waals surface area contributed by atoms with Gasteiger partial charge in [-0.15, -0.1) is 0 Å². The van der Waals surface area contributed by atoms with Crippen LogP contribution in [-0.2, 0) is 9.84 Å². The number of sulfone groups is 1. The van der Waals surface area contributed by atoms with Gasteiger partial charge in [0.1, 0.15) is 0 Å². The van der Waals surface area contributed by atoms with E-state index in [2.05, 4.69) is 13.8 Å². The molecule has 1 fully saturated rings. The van der Waals surface area contributed by atoms with Crippen LogP contribution in [0.4, 0.5) is 0 Å². The monoisotopic (exact) mass is 289 g/mol. The van der Waals surface area contributed by atoms with E-state index in [1.807, 2.05) is 0 Å². The lowest BCUT2D eigenvalue weighted by Crippen LogP contribution is -2.40. The predicted octanol–water partition coefficient (Wildman–Crippen LogP) is 3.14. The highest BCUT2D eigenvalue weighted by molar-refractivity contribution is 7.92. The SMILES string of the molecule is CC1(C)CCC(CN)(CCS(=O)(=O)C(C)(C)C)CC1. The second kappa shape index (κ2) is 5.36. The van der Waals surface area contributed by atoms with Crippen LogP contribution in [0.3, 0.4) is 0 Å². The second-order valence-corrected chi connectivity index (χ2v) is 10.9. The highest BCUT2D eigenvalue weighted by atomic mass is 32.2. The van der Waals surface area contributed by atoms with Gasteiger partial charge in [-0.2, -0.15) is 0 Å². The number of nitrogens with two attached hydrogens (primary N) is 1. The van der Waals surface area contributed by atoms with E-state index in [-0.39, 0.29) is 11.2 Å². The van der Waals surface area contributed by atoms with E-state index in [0.717, 1.165) is 32.1 Å². The van der Waals surface area contributed by atoms with Crippen LogP contribution in [0, 0.1) is 10.8 Å². The average molecular weight is 289 g/mol. The minimum atomic E-state index is -3.03. The van der Waals surface area contributed by atoms with E-state index < -0.39 is 14.6 Å². The van der Waals surface area contributed by atoms with Crippen LogP contribution in [0.5, 0.6) is 0 Å². The molecule has 1 rings (SSSR count). The molecule has 19 heavy (non-hydrogen) atoms. The topological polar surface area (TPSA) is 60.2 Å². The molecule has 1 aliphatic rings. The van der Waals surface area contributed by atoms with Crippen LogP contribution in [0.25, 0.3) is 0 Å². The molecule has 0 saturated heterocycles. The quantitative estimate of drug-likeness (QED) is 0.865. The van der Waals surface area contributed by atoms with Gasteiger partial charge < -0.3 is 5.73 Å². The molecular weight excluding hydrogens is 258 g/mol. The molecule has 0 aromatic carbocycles. The Hall–Kier alpha value is -0.0900. The van der Waals surface area contributed by atoms with E-state index in [4.69, 9.17) is 5.73 Å². The summed E-state index contributed by atoms with van der Waals surface area (Å²) < 4.78 is 23.8. The highest BCUT2D eigenvalue weighted by Gasteiger charge is 2.39. The lowest BCUT2D eigenvalue weighted by Gasteiger charge is -2.43. The molecule has 2 N–H and O–H groups in total. The van der Waals surface area contributed by atoms with Crippen LogP contribution in [-0.4, -0.2) is 25.5 Å². The lowest BCUT2D eigenvalue weighted by atomic mass is 9.64. The molecule has 0 unspecified atom stereocenters. The van der Waals surface area contributed by atoms with Crippen molar-refractivity contribution in [3.63, 3.8) is 0 Å². The molecule has 1 aliphatic carbocycles. The summed E-state index contributed by atoms with van der Waals surface area (Å²) in [6.45, 7) is 10.5. The molecule has 1 saturated carbocycles. The molecule has 0 spiro atoms. The van der Waals surface area contributed by atoms with Crippen LogP contribution < -0.4 is 5.73 Å². The standard InChI is InChI=1S/C15H31NO2S/c1-13(2,3)19(17,18)11-10-15(12-16)8-6-14(4,5)7-9-15/h6-12,16H2,1-5H3. The number of hydrogen-bond donors (Lipinski definition) is 1. The van der Waals surface area contributed by atoms with Gasteiger partial charge in [-0.05, 0) is 70.3 Å². The maximum Gasteiger partial charge on any atom is 0.155 e. The average Bonchev–Trinajstić information content (AvgIpc) is 2.27. The lowest BCUT2D eigenvalue weighted by molar-refractivity contribution is 0.105. The Morgan fingerprint density at radius 2 is 1.53 bits per heavy atom. The molecule has 0 aromatic rings. The highest BCUT2D eigenvalue weighted by Crippen LogP contribution is 2.46. The van der Waals surface area contributed by atoms with Crippen LogP contribution in [0.2, 0.25) is 0 Å². The van der Waals surface area contributed by atoms with Crippen molar-refractivity contribution in [2.24, 2.45) is 16.6 Å². The van der Waals surface area contributed by atoms with Gasteiger partial charge >= 0.3 is 0 Å². The fraction of sp³-hybridized carbons (Fsp3) is 1.00. The predicted molar refractivity (Wildman–Crippen MR) is 81.9 cm³/mol. The summed E-state index contributed by atoms with van der Waals surface area (Å²) in [5, 5.41) is 0. The van der Waals surface area contributed by atoms with Crippen molar-refractivity contribution in [3.8, 4) is 0 Å². The van der Waals surface area contributed by atoms with Gasteiger partial charge in [-0.25, -0.2) is 8.42 Å². The fourth-order valence-electron chi connectivity index (χ4n) is 2.67. The fourth-order valence-corrected chi connectivity index (χ4v) is 3.98. The van der Waals surface area contributed by atoms with Crippen molar-refractivity contribution in [2.75, 3.05) is 12.3 Å². The number of rotatable bonds is 4. The summed E-state index contributed by atoms with van der Waals surface area (Å²) in [5.41, 5.74) is 6.41. The maximum absolute atomic E-state index is 12.2. The van der Waals surface area contributed by atoms with E-state index >= 15 is 0 Å². The summed E-state index contributed by atoms with van der Waals surface area (Å²) in [6.07, 6.45) is 5.16. The third kappa shape index (κ3) is 4.19. The van der Waals surface area contributed by atoms with E-state index in [9.17, 15) is 8.42 Å². The van der Waals surface area contributed by atoms with Gasteiger partial charge in [0.15, 0.2) is 9.84 Å². The third-order valence-electron chi connectivity index (χ3n) is 4.93. The Labute approximate surface area is 119 Å². The molecule has 4 heteroatoms. The minimum Gasteiger partial charge on any atom is -0.330 e. The maximum atomic E-state index is 12.2. The molecule has 0 amide bonds.